The highest BCUT2D eigenvalue weighted by Crippen LogP contribution is 2.41. The van der Waals surface area contributed by atoms with Gasteiger partial charge in [-0.1, -0.05) is 0 Å². The quantitative estimate of drug-likeness (QED) is 0.633. The van der Waals surface area contributed by atoms with E-state index in [1.165, 1.54) is 0 Å². The first-order valence-corrected chi connectivity index (χ1v) is 6.11. The van der Waals surface area contributed by atoms with Gasteiger partial charge in [0.2, 0.25) is 5.78 Å². The fourth-order valence-corrected chi connectivity index (χ4v) is 2.60. The molecule has 0 bridgehead atoms. The van der Waals surface area contributed by atoms with Crippen LogP contribution in [0, 0.1) is 0 Å². The molecule has 0 aromatic carbocycles. The molecule has 3 atom stereocenters. The Hall–Kier alpha value is -0.530. The van der Waals surface area contributed by atoms with Crippen molar-refractivity contribution in [3.63, 3.8) is 0 Å². The van der Waals surface area contributed by atoms with Crippen molar-refractivity contribution in [3.8, 4) is 0 Å². The average Bonchev–Trinajstić information content (AvgIpc) is 2.71. The molecule has 3 aliphatic heterocycles. The maximum Gasteiger partial charge on any atom is 0.258 e. The van der Waals surface area contributed by atoms with Crippen molar-refractivity contribution in [2.24, 2.45) is 0 Å². The summed E-state index contributed by atoms with van der Waals surface area (Å²) in [6.07, 6.45) is -1.02. The Morgan fingerprint density at radius 3 is 2.39 bits per heavy atom. The van der Waals surface area contributed by atoms with Crippen LogP contribution in [0.2, 0.25) is 0 Å². The summed E-state index contributed by atoms with van der Waals surface area (Å²) >= 11 is 0. The van der Waals surface area contributed by atoms with E-state index in [0.717, 1.165) is 0 Å². The topological polar surface area (TPSA) is 63.2 Å². The summed E-state index contributed by atoms with van der Waals surface area (Å²) in [7, 11) is 0. The third kappa shape index (κ3) is 1.80. The first-order valence-electron chi connectivity index (χ1n) is 6.11. The summed E-state index contributed by atoms with van der Waals surface area (Å²) in [5.41, 5.74) is 0. The Morgan fingerprint density at radius 2 is 1.78 bits per heavy atom. The van der Waals surface area contributed by atoms with Crippen molar-refractivity contribution < 1.29 is 28.5 Å². The second-order valence-corrected chi connectivity index (χ2v) is 5.81. The molecule has 0 amide bonds. The summed E-state index contributed by atoms with van der Waals surface area (Å²) in [4.78, 5) is 12.5. The van der Waals surface area contributed by atoms with E-state index >= 15 is 0 Å². The zero-order chi connectivity index (χ0) is 13.2. The van der Waals surface area contributed by atoms with Crippen LogP contribution in [0.3, 0.4) is 0 Å². The fourth-order valence-electron chi connectivity index (χ4n) is 2.60. The molecular weight excluding hydrogens is 240 g/mol. The molecule has 6 nitrogen and oxygen atoms in total. The highest BCUT2D eigenvalue weighted by atomic mass is 16.8. The van der Waals surface area contributed by atoms with Gasteiger partial charge in [0.1, 0.15) is 12.7 Å². The molecule has 3 heterocycles. The highest BCUT2D eigenvalue weighted by molar-refractivity contribution is 5.92. The number of hydrogen-bond donors (Lipinski definition) is 0. The zero-order valence-corrected chi connectivity index (χ0v) is 11.0. The van der Waals surface area contributed by atoms with Crippen molar-refractivity contribution in [1.82, 2.24) is 0 Å². The van der Waals surface area contributed by atoms with Gasteiger partial charge >= 0.3 is 0 Å². The lowest BCUT2D eigenvalue weighted by Gasteiger charge is -2.35. The van der Waals surface area contributed by atoms with Crippen LogP contribution < -0.4 is 0 Å². The second kappa shape index (κ2) is 3.52. The van der Waals surface area contributed by atoms with E-state index in [4.69, 9.17) is 23.7 Å². The molecule has 1 unspecified atom stereocenters. The summed E-state index contributed by atoms with van der Waals surface area (Å²) in [6, 6.07) is 0. The first kappa shape index (κ1) is 12.5. The average molecular weight is 258 g/mol. The Kier molecular flexibility index (Phi) is 2.44. The van der Waals surface area contributed by atoms with Crippen LogP contribution in [0.4, 0.5) is 0 Å². The molecule has 0 radical (unpaired) electrons. The van der Waals surface area contributed by atoms with Crippen LogP contribution in [0.15, 0.2) is 0 Å². The number of carbonyl (C=O) groups is 1. The third-order valence-corrected chi connectivity index (χ3v) is 3.32. The molecular formula is C12H18O6. The highest BCUT2D eigenvalue weighted by Gasteiger charge is 2.62. The minimum atomic E-state index is -1.34. The monoisotopic (exact) mass is 258 g/mol. The van der Waals surface area contributed by atoms with E-state index in [9.17, 15) is 4.79 Å². The molecule has 18 heavy (non-hydrogen) atoms. The fraction of sp³-hybridized carbons (Fsp3) is 0.917. The molecule has 1 spiro atoms. The molecule has 0 aromatic rings. The summed E-state index contributed by atoms with van der Waals surface area (Å²) in [6.45, 7) is 7.41. The van der Waals surface area contributed by atoms with Crippen LogP contribution in [-0.2, 0) is 28.5 Å². The lowest BCUT2D eigenvalue weighted by atomic mass is 9.99. The number of ether oxygens (including phenoxy) is 5. The normalized spacial score (nSPS) is 45.4. The minimum Gasteiger partial charge on any atom is -0.344 e. The van der Waals surface area contributed by atoms with Crippen molar-refractivity contribution in [2.75, 3.05) is 13.2 Å². The molecule has 0 aromatic heterocycles. The van der Waals surface area contributed by atoms with E-state index in [0.29, 0.717) is 0 Å². The summed E-state index contributed by atoms with van der Waals surface area (Å²) in [5.74, 6) is -3.18. The van der Waals surface area contributed by atoms with Gasteiger partial charge in [-0.25, -0.2) is 0 Å². The van der Waals surface area contributed by atoms with Crippen LogP contribution >= 0.6 is 0 Å². The Balaban J connectivity index is 1.84. The van der Waals surface area contributed by atoms with Gasteiger partial charge < -0.3 is 23.7 Å². The van der Waals surface area contributed by atoms with Gasteiger partial charge in [0.05, 0.1) is 6.61 Å². The zero-order valence-electron chi connectivity index (χ0n) is 11.0. The second-order valence-electron chi connectivity index (χ2n) is 5.81. The number of carbonyl (C=O) groups excluding carboxylic acids is 1. The van der Waals surface area contributed by atoms with E-state index in [1.807, 2.05) is 0 Å². The van der Waals surface area contributed by atoms with Crippen molar-refractivity contribution in [3.05, 3.63) is 0 Å². The summed E-state index contributed by atoms with van der Waals surface area (Å²) in [5, 5.41) is 0. The van der Waals surface area contributed by atoms with Crippen molar-refractivity contribution >= 4 is 5.78 Å². The predicted molar refractivity (Wildman–Crippen MR) is 58.6 cm³/mol. The van der Waals surface area contributed by atoms with Gasteiger partial charge in [0.25, 0.3) is 5.79 Å². The lowest BCUT2D eigenvalue weighted by Crippen LogP contribution is -2.58. The largest absolute Gasteiger partial charge is 0.344 e. The van der Waals surface area contributed by atoms with Crippen LogP contribution in [0.5, 0.6) is 0 Å². The molecule has 3 saturated heterocycles. The van der Waals surface area contributed by atoms with Crippen LogP contribution in [-0.4, -0.2) is 48.6 Å². The number of ketones is 1. The van der Waals surface area contributed by atoms with Gasteiger partial charge in [-0.3, -0.25) is 4.79 Å². The summed E-state index contributed by atoms with van der Waals surface area (Å²) < 4.78 is 27.9. The van der Waals surface area contributed by atoms with E-state index in [2.05, 4.69) is 0 Å². The van der Waals surface area contributed by atoms with E-state index in [-0.39, 0.29) is 25.1 Å². The van der Waals surface area contributed by atoms with Crippen LogP contribution in [0.1, 0.15) is 27.7 Å². The Morgan fingerprint density at radius 1 is 1.06 bits per heavy atom. The maximum atomic E-state index is 12.5. The van der Waals surface area contributed by atoms with Crippen molar-refractivity contribution in [2.45, 2.75) is 57.3 Å². The number of rotatable bonds is 0. The van der Waals surface area contributed by atoms with Crippen LogP contribution in [0.25, 0.3) is 0 Å². The number of Topliss-reactive ketones (excluding diaryl/α,β-unsaturated/α-hetero) is 1. The van der Waals surface area contributed by atoms with Gasteiger partial charge in [0.15, 0.2) is 17.7 Å². The molecule has 0 aliphatic carbocycles. The SMILES string of the molecule is CC1(C)OC2CO[C@]3(COC(C)(C)O3)C(=O)[C@@H]2O1. The number of fused-ring (bicyclic) bond motifs is 1. The molecule has 3 fully saturated rings. The van der Waals surface area contributed by atoms with Gasteiger partial charge in [0, 0.05) is 0 Å². The number of hydrogen-bond acceptors (Lipinski definition) is 6. The standard InChI is InChI=1S/C12H18O6/c1-10(2)15-6-12(18-10)9(13)8-7(5-14-12)16-11(3,4)17-8/h7-8H,5-6H2,1-4H3/t7?,8-,12+/m1/s1. The predicted octanol–water partition coefficient (Wildman–Crippen LogP) is 0.585. The van der Waals surface area contributed by atoms with Gasteiger partial charge in [-0.2, -0.15) is 0 Å². The molecule has 102 valence electrons. The molecule has 3 aliphatic rings. The molecule has 3 rings (SSSR count). The molecule has 0 N–H and O–H groups in total. The lowest BCUT2D eigenvalue weighted by molar-refractivity contribution is -0.263. The Labute approximate surface area is 105 Å². The van der Waals surface area contributed by atoms with E-state index in [1.54, 1.807) is 27.7 Å². The van der Waals surface area contributed by atoms with E-state index < -0.39 is 23.5 Å². The Bertz CT molecular complexity index is 388. The van der Waals surface area contributed by atoms with Crippen molar-refractivity contribution in [1.29, 1.82) is 0 Å². The first-order chi connectivity index (χ1) is 8.23. The smallest absolute Gasteiger partial charge is 0.258 e. The maximum absolute atomic E-state index is 12.5. The third-order valence-electron chi connectivity index (χ3n) is 3.32. The molecule has 6 heteroatoms. The van der Waals surface area contributed by atoms with Gasteiger partial charge in [-0.05, 0) is 27.7 Å². The minimum absolute atomic E-state index is 0.0891. The molecule has 0 saturated carbocycles. The van der Waals surface area contributed by atoms with Gasteiger partial charge in [-0.15, -0.1) is 0 Å².